The van der Waals surface area contributed by atoms with E-state index in [1.807, 2.05) is 13.8 Å². The third kappa shape index (κ3) is 3.75. The number of phenolic OH excluding ortho intramolecular Hbond substituents is 1. The molecule has 0 amide bonds. The van der Waals surface area contributed by atoms with Gasteiger partial charge in [0.2, 0.25) is 0 Å². The van der Waals surface area contributed by atoms with Crippen LogP contribution in [0.2, 0.25) is 0 Å². The molecule has 0 aliphatic heterocycles. The fourth-order valence-electron chi connectivity index (χ4n) is 3.22. The molecule has 0 bridgehead atoms. The number of pyridine rings is 1. The lowest BCUT2D eigenvalue weighted by Gasteiger charge is -2.23. The third-order valence-electron chi connectivity index (χ3n) is 4.51. The van der Waals surface area contributed by atoms with Gasteiger partial charge in [-0.25, -0.2) is 14.2 Å². The normalized spacial score (nSPS) is 12.3. The van der Waals surface area contributed by atoms with Gasteiger partial charge in [-0.05, 0) is 41.3 Å². The fourth-order valence-corrected chi connectivity index (χ4v) is 3.22. The van der Waals surface area contributed by atoms with Crippen LogP contribution >= 0.6 is 0 Å². The Balaban J connectivity index is 2.35. The molecule has 0 saturated heterocycles. The van der Waals surface area contributed by atoms with Gasteiger partial charge in [-0.1, -0.05) is 26.0 Å². The Morgan fingerprint density at radius 3 is 2.43 bits per heavy atom. The number of benzene rings is 2. The molecule has 0 fully saturated rings. The second-order valence-electron chi connectivity index (χ2n) is 6.83. The number of fused-ring (bicyclic) bond motifs is 1. The number of nitrogens with zero attached hydrogens (tertiary/aromatic N) is 1. The number of rotatable bonds is 6. The van der Waals surface area contributed by atoms with Crippen LogP contribution in [0.1, 0.15) is 25.3 Å². The maximum Gasteiger partial charge on any atom is 0.328 e. The number of aromatic nitrogens is 1. The lowest BCUT2D eigenvalue weighted by Crippen LogP contribution is -2.33. The van der Waals surface area contributed by atoms with Gasteiger partial charge in [-0.15, -0.1) is 0 Å². The lowest BCUT2D eigenvalue weighted by molar-refractivity contribution is -0.138. The van der Waals surface area contributed by atoms with Gasteiger partial charge in [-0.2, -0.15) is 0 Å². The van der Waals surface area contributed by atoms with Crippen molar-refractivity contribution in [1.82, 2.24) is 4.98 Å². The smallest absolute Gasteiger partial charge is 0.328 e. The Morgan fingerprint density at radius 2 is 1.86 bits per heavy atom. The van der Waals surface area contributed by atoms with Crippen LogP contribution in [0.25, 0.3) is 22.0 Å². The second kappa shape index (κ2) is 7.82. The molecule has 0 radical (unpaired) electrons. The summed E-state index contributed by atoms with van der Waals surface area (Å²) in [5, 5.41) is 32.1. The molecule has 1 aromatic heterocycles. The largest absolute Gasteiger partial charge is 0.508 e. The molecule has 0 aliphatic carbocycles. The van der Waals surface area contributed by atoms with E-state index in [0.29, 0.717) is 11.3 Å². The highest BCUT2D eigenvalue weighted by molar-refractivity contribution is 5.99. The van der Waals surface area contributed by atoms with E-state index in [1.165, 1.54) is 18.2 Å². The Hall–Kier alpha value is -3.19. The van der Waals surface area contributed by atoms with Crippen molar-refractivity contribution in [3.63, 3.8) is 0 Å². The van der Waals surface area contributed by atoms with Crippen molar-refractivity contribution in [3.05, 3.63) is 53.8 Å². The predicted octanol–water partition coefficient (Wildman–Crippen LogP) is 3.73. The van der Waals surface area contributed by atoms with Gasteiger partial charge in [0, 0.05) is 17.0 Å². The molecule has 1 unspecified atom stereocenters. The third-order valence-corrected chi connectivity index (χ3v) is 4.51. The Morgan fingerprint density at radius 1 is 1.18 bits per heavy atom. The molecule has 1 heterocycles. The summed E-state index contributed by atoms with van der Waals surface area (Å²) in [4.78, 5) is 15.9. The van der Waals surface area contributed by atoms with Gasteiger partial charge < -0.3 is 20.6 Å². The molecule has 28 heavy (non-hydrogen) atoms. The molecular formula is C21H21FN2O4. The van der Waals surface area contributed by atoms with Crippen molar-refractivity contribution in [1.29, 1.82) is 0 Å². The van der Waals surface area contributed by atoms with Gasteiger partial charge in [0.05, 0.1) is 12.1 Å². The highest BCUT2D eigenvalue weighted by Gasteiger charge is 2.23. The molecule has 0 spiro atoms. The number of carboxylic acid groups (broad SMARTS) is 1. The van der Waals surface area contributed by atoms with Gasteiger partial charge in [0.15, 0.2) is 0 Å². The first-order chi connectivity index (χ1) is 13.3. The number of aromatic hydroxyl groups is 1. The maximum atomic E-state index is 13.5. The minimum Gasteiger partial charge on any atom is -0.508 e. The van der Waals surface area contributed by atoms with Crippen LogP contribution in [0.3, 0.4) is 0 Å². The molecule has 3 aromatic rings. The first-order valence-electron chi connectivity index (χ1n) is 8.84. The van der Waals surface area contributed by atoms with Gasteiger partial charge in [0.25, 0.3) is 0 Å². The summed E-state index contributed by atoms with van der Waals surface area (Å²) in [6.45, 7) is 3.27. The number of nitrogens with one attached hydrogen (secondary N) is 1. The van der Waals surface area contributed by atoms with E-state index in [9.17, 15) is 24.5 Å². The van der Waals surface area contributed by atoms with E-state index >= 15 is 0 Å². The number of aliphatic hydroxyl groups excluding tert-OH is 1. The summed E-state index contributed by atoms with van der Waals surface area (Å²) < 4.78 is 13.5. The van der Waals surface area contributed by atoms with E-state index in [4.69, 9.17) is 0 Å². The number of halogens is 1. The molecule has 146 valence electrons. The number of carboxylic acids is 1. The molecule has 7 heteroatoms. The van der Waals surface area contributed by atoms with E-state index in [1.54, 1.807) is 24.3 Å². The van der Waals surface area contributed by atoms with Crippen LogP contribution in [-0.4, -0.2) is 38.9 Å². The van der Waals surface area contributed by atoms with Crippen molar-refractivity contribution >= 4 is 22.7 Å². The summed E-state index contributed by atoms with van der Waals surface area (Å²) >= 11 is 0. The SMILES string of the molecule is CC(C)c1c(NC(CO)C(=O)O)nc2cc(O)ccc2c1-c1ccc(F)cc1. The molecule has 6 nitrogen and oxygen atoms in total. The van der Waals surface area contributed by atoms with Crippen molar-refractivity contribution in [2.45, 2.75) is 25.8 Å². The van der Waals surface area contributed by atoms with Crippen LogP contribution in [0.15, 0.2) is 42.5 Å². The zero-order chi connectivity index (χ0) is 20.4. The Kier molecular flexibility index (Phi) is 5.46. The first-order valence-corrected chi connectivity index (χ1v) is 8.84. The number of carbonyl (C=O) groups is 1. The van der Waals surface area contributed by atoms with Crippen LogP contribution in [0.5, 0.6) is 5.75 Å². The number of aliphatic hydroxyl groups is 1. The van der Waals surface area contributed by atoms with E-state index in [-0.39, 0.29) is 17.5 Å². The second-order valence-corrected chi connectivity index (χ2v) is 6.83. The van der Waals surface area contributed by atoms with Crippen LogP contribution in [0, 0.1) is 5.82 Å². The summed E-state index contributed by atoms with van der Waals surface area (Å²) in [5.41, 5.74) is 2.70. The van der Waals surface area contributed by atoms with E-state index in [0.717, 1.165) is 22.1 Å². The lowest BCUT2D eigenvalue weighted by atomic mass is 9.89. The topological polar surface area (TPSA) is 103 Å². The van der Waals surface area contributed by atoms with Gasteiger partial charge in [0.1, 0.15) is 23.4 Å². The number of aliphatic carboxylic acids is 1. The van der Waals surface area contributed by atoms with Gasteiger partial charge in [-0.3, -0.25) is 0 Å². The number of hydrogen-bond acceptors (Lipinski definition) is 5. The molecule has 1 atom stereocenters. The Labute approximate surface area is 161 Å². The molecule has 4 N–H and O–H groups in total. The van der Waals surface area contributed by atoms with Crippen LogP contribution in [-0.2, 0) is 4.79 Å². The zero-order valence-corrected chi connectivity index (χ0v) is 15.5. The van der Waals surface area contributed by atoms with E-state index < -0.39 is 18.6 Å². The van der Waals surface area contributed by atoms with Crippen LogP contribution < -0.4 is 5.32 Å². The highest BCUT2D eigenvalue weighted by Crippen LogP contribution is 2.40. The summed E-state index contributed by atoms with van der Waals surface area (Å²) in [6, 6.07) is 9.52. The highest BCUT2D eigenvalue weighted by atomic mass is 19.1. The molecular weight excluding hydrogens is 363 g/mol. The summed E-state index contributed by atoms with van der Waals surface area (Å²) in [7, 11) is 0. The van der Waals surface area contributed by atoms with Crippen molar-refractivity contribution < 1.29 is 24.5 Å². The average molecular weight is 384 g/mol. The minimum absolute atomic E-state index is 0.0187. The fraction of sp³-hybridized carbons (Fsp3) is 0.238. The number of phenols is 1. The molecule has 3 rings (SSSR count). The monoisotopic (exact) mass is 384 g/mol. The van der Waals surface area contributed by atoms with Crippen LogP contribution in [0.4, 0.5) is 10.2 Å². The standard InChI is InChI=1S/C21H21FN2O4/c1-11(2)18-19(12-3-5-13(22)6-4-12)15-8-7-14(26)9-16(15)23-20(18)24-17(10-25)21(27)28/h3-9,11,17,25-26H,10H2,1-2H3,(H,23,24)(H,27,28). The molecule has 2 aromatic carbocycles. The number of hydrogen-bond donors (Lipinski definition) is 4. The first kappa shape index (κ1) is 19.6. The maximum absolute atomic E-state index is 13.5. The van der Waals surface area contributed by atoms with Crippen molar-refractivity contribution in [2.24, 2.45) is 0 Å². The predicted molar refractivity (Wildman–Crippen MR) is 105 cm³/mol. The van der Waals surface area contributed by atoms with Crippen molar-refractivity contribution in [2.75, 3.05) is 11.9 Å². The number of anilines is 1. The minimum atomic E-state index is -1.24. The zero-order valence-electron chi connectivity index (χ0n) is 15.5. The quantitative estimate of drug-likeness (QED) is 0.516. The van der Waals surface area contributed by atoms with Gasteiger partial charge >= 0.3 is 5.97 Å². The molecule has 0 aliphatic rings. The summed E-state index contributed by atoms with van der Waals surface area (Å²) in [5.74, 6) is -1.31. The molecule has 0 saturated carbocycles. The Bertz CT molecular complexity index is 1020. The van der Waals surface area contributed by atoms with E-state index in [2.05, 4.69) is 10.3 Å². The van der Waals surface area contributed by atoms with Crippen molar-refractivity contribution in [3.8, 4) is 16.9 Å². The average Bonchev–Trinajstić information content (AvgIpc) is 2.65. The summed E-state index contributed by atoms with van der Waals surface area (Å²) in [6.07, 6.45) is 0.